The highest BCUT2D eigenvalue weighted by molar-refractivity contribution is 6.30. The van der Waals surface area contributed by atoms with Crippen molar-refractivity contribution in [3.63, 3.8) is 0 Å². The van der Waals surface area contributed by atoms with Gasteiger partial charge in [-0.2, -0.15) is 0 Å². The van der Waals surface area contributed by atoms with Crippen LogP contribution in [0.2, 0.25) is 5.02 Å². The summed E-state index contributed by atoms with van der Waals surface area (Å²) in [6.07, 6.45) is 0.731. The summed E-state index contributed by atoms with van der Waals surface area (Å²) < 4.78 is 5.37. The predicted molar refractivity (Wildman–Crippen MR) is 92.0 cm³/mol. The van der Waals surface area contributed by atoms with Crippen LogP contribution in [0.1, 0.15) is 12.8 Å². The lowest BCUT2D eigenvalue weighted by molar-refractivity contribution is -0.137. The number of benzene rings is 1. The topological polar surface area (TPSA) is 82.1 Å². The normalized spacial score (nSPS) is 16.8. The van der Waals surface area contributed by atoms with Crippen molar-refractivity contribution in [2.45, 2.75) is 18.9 Å². The highest BCUT2D eigenvalue weighted by atomic mass is 35.5. The molecule has 2 rings (SSSR count). The molecule has 1 aliphatic rings. The number of carboxylic acid groups (broad SMARTS) is 1. The molecule has 24 heavy (non-hydrogen) atoms. The van der Waals surface area contributed by atoms with Gasteiger partial charge in [0.1, 0.15) is 5.75 Å². The van der Waals surface area contributed by atoms with E-state index in [1.165, 1.54) is 4.90 Å². The van der Waals surface area contributed by atoms with Gasteiger partial charge in [0.25, 0.3) is 0 Å². The monoisotopic (exact) mass is 355 g/mol. The number of amides is 2. The number of ether oxygens (including phenoxy) is 1. The maximum absolute atomic E-state index is 12.1. The molecule has 1 heterocycles. The number of nitrogens with zero attached hydrogens (tertiary/aromatic N) is 2. The van der Waals surface area contributed by atoms with E-state index in [1.807, 2.05) is 12.1 Å². The van der Waals surface area contributed by atoms with E-state index in [2.05, 4.69) is 10.2 Å². The van der Waals surface area contributed by atoms with Crippen LogP contribution in [0.4, 0.5) is 10.5 Å². The molecule has 0 saturated carbocycles. The molecular formula is C16H22ClN3O4. The SMILES string of the molecule is COc1ccc(Cl)cc1N1CCC(NC(=O)N(C)CCC(=O)O)C1. The van der Waals surface area contributed by atoms with Gasteiger partial charge in [-0.15, -0.1) is 0 Å². The van der Waals surface area contributed by atoms with Crippen LogP contribution in [-0.4, -0.2) is 61.8 Å². The fourth-order valence-electron chi connectivity index (χ4n) is 2.66. The summed E-state index contributed by atoms with van der Waals surface area (Å²) in [7, 11) is 3.20. The van der Waals surface area contributed by atoms with Gasteiger partial charge in [-0.1, -0.05) is 11.6 Å². The molecule has 0 bridgehead atoms. The fraction of sp³-hybridized carbons (Fsp3) is 0.500. The van der Waals surface area contributed by atoms with Gasteiger partial charge >= 0.3 is 12.0 Å². The van der Waals surface area contributed by atoms with Gasteiger partial charge in [-0.05, 0) is 24.6 Å². The van der Waals surface area contributed by atoms with Crippen LogP contribution in [0.5, 0.6) is 5.75 Å². The number of hydrogen-bond acceptors (Lipinski definition) is 4. The van der Waals surface area contributed by atoms with E-state index in [4.69, 9.17) is 21.4 Å². The molecule has 1 atom stereocenters. The molecular weight excluding hydrogens is 334 g/mol. The quantitative estimate of drug-likeness (QED) is 0.816. The van der Waals surface area contributed by atoms with E-state index in [0.717, 1.165) is 24.4 Å². The number of anilines is 1. The molecule has 1 unspecified atom stereocenters. The molecule has 1 aliphatic heterocycles. The summed E-state index contributed by atoms with van der Waals surface area (Å²) in [5.41, 5.74) is 0.904. The number of hydrogen-bond donors (Lipinski definition) is 2. The predicted octanol–water partition coefficient (Wildman–Crippen LogP) is 2.04. The molecule has 0 aliphatic carbocycles. The molecule has 7 nitrogen and oxygen atoms in total. The first-order valence-corrected chi connectivity index (χ1v) is 8.10. The van der Waals surface area contributed by atoms with Crippen molar-refractivity contribution >= 4 is 29.3 Å². The number of carbonyl (C=O) groups excluding carboxylic acids is 1. The molecule has 8 heteroatoms. The van der Waals surface area contributed by atoms with E-state index in [-0.39, 0.29) is 25.0 Å². The van der Waals surface area contributed by atoms with Crippen LogP contribution in [0.3, 0.4) is 0 Å². The van der Waals surface area contributed by atoms with Crippen LogP contribution in [-0.2, 0) is 4.79 Å². The van der Waals surface area contributed by atoms with Crippen molar-refractivity contribution in [1.82, 2.24) is 10.2 Å². The zero-order valence-corrected chi connectivity index (χ0v) is 14.5. The highest BCUT2D eigenvalue weighted by Crippen LogP contribution is 2.33. The Bertz CT molecular complexity index is 611. The van der Waals surface area contributed by atoms with Crippen molar-refractivity contribution in [3.05, 3.63) is 23.2 Å². The average Bonchev–Trinajstić information content (AvgIpc) is 3.00. The van der Waals surface area contributed by atoms with Crippen molar-refractivity contribution in [2.75, 3.05) is 38.7 Å². The number of rotatable bonds is 6. The van der Waals surface area contributed by atoms with Crippen molar-refractivity contribution in [2.24, 2.45) is 0 Å². The second-order valence-corrected chi connectivity index (χ2v) is 6.20. The summed E-state index contributed by atoms with van der Waals surface area (Å²) in [6.45, 7) is 1.61. The largest absolute Gasteiger partial charge is 0.495 e. The molecule has 2 amide bonds. The lowest BCUT2D eigenvalue weighted by Gasteiger charge is -2.23. The third-order valence-corrected chi connectivity index (χ3v) is 4.24. The standard InChI is InChI=1S/C16H22ClN3O4/c1-19(7-6-15(21)22)16(23)18-12-5-8-20(10-12)13-9-11(17)3-4-14(13)24-2/h3-4,9,12H,5-8,10H2,1-2H3,(H,18,23)(H,21,22). The van der Waals surface area contributed by atoms with E-state index < -0.39 is 5.97 Å². The average molecular weight is 356 g/mol. The minimum Gasteiger partial charge on any atom is -0.495 e. The number of carboxylic acids is 1. The first-order chi connectivity index (χ1) is 11.4. The zero-order chi connectivity index (χ0) is 17.7. The smallest absolute Gasteiger partial charge is 0.317 e. The Morgan fingerprint density at radius 1 is 1.50 bits per heavy atom. The van der Waals surface area contributed by atoms with Crippen molar-refractivity contribution < 1.29 is 19.4 Å². The highest BCUT2D eigenvalue weighted by Gasteiger charge is 2.27. The molecule has 0 radical (unpaired) electrons. The van der Waals surface area contributed by atoms with E-state index in [1.54, 1.807) is 20.2 Å². The Morgan fingerprint density at radius 3 is 2.92 bits per heavy atom. The molecule has 2 N–H and O–H groups in total. The Balaban J connectivity index is 1.92. The van der Waals surface area contributed by atoms with Crippen LogP contribution in [0, 0.1) is 0 Å². The van der Waals surface area contributed by atoms with E-state index >= 15 is 0 Å². The van der Waals surface area contributed by atoms with Gasteiger partial charge in [-0.3, -0.25) is 4.79 Å². The third kappa shape index (κ3) is 4.67. The van der Waals surface area contributed by atoms with E-state index in [0.29, 0.717) is 11.6 Å². The lowest BCUT2D eigenvalue weighted by atomic mass is 10.2. The van der Waals surface area contributed by atoms with Crippen LogP contribution < -0.4 is 15.0 Å². The maximum Gasteiger partial charge on any atom is 0.317 e. The Morgan fingerprint density at radius 2 is 2.25 bits per heavy atom. The van der Waals surface area contributed by atoms with Crippen LogP contribution in [0.25, 0.3) is 0 Å². The van der Waals surface area contributed by atoms with Gasteiger partial charge in [-0.25, -0.2) is 4.79 Å². The first-order valence-electron chi connectivity index (χ1n) is 7.72. The molecule has 1 aromatic carbocycles. The summed E-state index contributed by atoms with van der Waals surface area (Å²) in [5.74, 6) is -0.181. The Labute approximate surface area is 146 Å². The fourth-order valence-corrected chi connectivity index (χ4v) is 2.82. The molecule has 1 aromatic rings. The summed E-state index contributed by atoms with van der Waals surface area (Å²) in [6, 6.07) is 5.18. The molecule has 1 saturated heterocycles. The van der Waals surface area contributed by atoms with Gasteiger partial charge < -0.3 is 25.0 Å². The second-order valence-electron chi connectivity index (χ2n) is 5.76. The first kappa shape index (κ1) is 18.2. The maximum atomic E-state index is 12.1. The Hall–Kier alpha value is -2.15. The number of methoxy groups -OCH3 is 1. The molecule has 0 aromatic heterocycles. The number of aliphatic carboxylic acids is 1. The number of halogens is 1. The number of carbonyl (C=O) groups is 2. The molecule has 0 spiro atoms. The summed E-state index contributed by atoms with van der Waals surface area (Å²) in [5, 5.41) is 12.2. The number of nitrogens with one attached hydrogen (secondary N) is 1. The number of urea groups is 1. The van der Waals surface area contributed by atoms with Crippen molar-refractivity contribution in [3.8, 4) is 5.75 Å². The van der Waals surface area contributed by atoms with Crippen LogP contribution in [0.15, 0.2) is 18.2 Å². The third-order valence-electron chi connectivity index (χ3n) is 4.01. The van der Waals surface area contributed by atoms with Gasteiger partial charge in [0.2, 0.25) is 0 Å². The summed E-state index contributed by atoms with van der Waals surface area (Å²) >= 11 is 6.07. The molecule has 1 fully saturated rings. The van der Waals surface area contributed by atoms with Crippen molar-refractivity contribution in [1.29, 1.82) is 0 Å². The molecule has 132 valence electrons. The second kappa shape index (κ2) is 8.10. The van der Waals surface area contributed by atoms with Gasteiger partial charge in [0.05, 0.1) is 19.2 Å². The van der Waals surface area contributed by atoms with E-state index in [9.17, 15) is 9.59 Å². The zero-order valence-electron chi connectivity index (χ0n) is 13.8. The minimum absolute atomic E-state index is 0.00605. The van der Waals surface area contributed by atoms with Crippen LogP contribution >= 0.6 is 11.6 Å². The Kier molecular flexibility index (Phi) is 6.14. The van der Waals surface area contributed by atoms with Gasteiger partial charge in [0, 0.05) is 37.7 Å². The summed E-state index contributed by atoms with van der Waals surface area (Å²) in [4.78, 5) is 26.2. The lowest BCUT2D eigenvalue weighted by Crippen LogP contribution is -2.44. The van der Waals surface area contributed by atoms with Gasteiger partial charge in [0.15, 0.2) is 0 Å². The minimum atomic E-state index is -0.922.